The van der Waals surface area contributed by atoms with Crippen LogP contribution in [0.25, 0.3) is 22.3 Å². The molecule has 0 unspecified atom stereocenters. The zero-order valence-electron chi connectivity index (χ0n) is 21.7. The van der Waals surface area contributed by atoms with E-state index in [-0.39, 0.29) is 56.6 Å². The Labute approximate surface area is 236 Å². The van der Waals surface area contributed by atoms with Crippen molar-refractivity contribution in [3.05, 3.63) is 93.6 Å². The van der Waals surface area contributed by atoms with E-state index < -0.39 is 40.5 Å². The number of carbonyl (C=O) groups excluding carboxylic acids is 1. The van der Waals surface area contributed by atoms with Gasteiger partial charge in [-0.05, 0) is 35.9 Å². The fourth-order valence-corrected chi connectivity index (χ4v) is 5.23. The number of rotatable bonds is 4. The van der Waals surface area contributed by atoms with Crippen LogP contribution in [0.4, 0.5) is 0 Å². The minimum absolute atomic E-state index is 0.0319. The Bertz CT molecular complexity index is 1960. The number of fused-ring (bicyclic) bond motifs is 2. The van der Waals surface area contributed by atoms with Gasteiger partial charge in [0, 0.05) is 29.8 Å². The molecule has 0 spiro atoms. The van der Waals surface area contributed by atoms with Crippen molar-refractivity contribution in [3.63, 3.8) is 0 Å². The van der Waals surface area contributed by atoms with Gasteiger partial charge in [-0.3, -0.25) is 9.59 Å². The Morgan fingerprint density at radius 2 is 1.48 bits per heavy atom. The monoisotopic (exact) mass is 570 g/mol. The Kier molecular flexibility index (Phi) is 6.07. The van der Waals surface area contributed by atoms with Gasteiger partial charge in [-0.1, -0.05) is 12.1 Å². The summed E-state index contributed by atoms with van der Waals surface area (Å²) >= 11 is 0. The number of phenolic OH excluding ortho intramolecular Hbond substituents is 6. The molecule has 0 amide bonds. The van der Waals surface area contributed by atoms with Crippen molar-refractivity contribution in [2.45, 2.75) is 12.0 Å². The summed E-state index contributed by atoms with van der Waals surface area (Å²) in [6.45, 7) is 0. The predicted molar refractivity (Wildman–Crippen MR) is 148 cm³/mol. The van der Waals surface area contributed by atoms with Crippen LogP contribution >= 0.6 is 0 Å². The molecule has 11 heteroatoms. The average Bonchev–Trinajstić information content (AvgIpc) is 2.93. The lowest BCUT2D eigenvalue weighted by molar-refractivity contribution is 0.0772. The molecule has 6 rings (SSSR count). The maximum absolute atomic E-state index is 14.1. The molecule has 212 valence electrons. The topological polar surface area (TPSA) is 187 Å². The summed E-state index contributed by atoms with van der Waals surface area (Å²) in [6.07, 6.45) is -1.21. The number of benzene rings is 4. The van der Waals surface area contributed by atoms with Crippen molar-refractivity contribution in [2.24, 2.45) is 0 Å². The van der Waals surface area contributed by atoms with Gasteiger partial charge < -0.3 is 44.5 Å². The quantitative estimate of drug-likeness (QED) is 0.174. The third-order valence-electron chi connectivity index (χ3n) is 7.15. The van der Waals surface area contributed by atoms with Gasteiger partial charge in [0.05, 0.1) is 18.6 Å². The molecule has 2 atom stereocenters. The zero-order valence-corrected chi connectivity index (χ0v) is 21.7. The van der Waals surface area contributed by atoms with Crippen molar-refractivity contribution in [1.29, 1.82) is 0 Å². The predicted octanol–water partition coefficient (Wildman–Crippen LogP) is 4.80. The van der Waals surface area contributed by atoms with Crippen molar-refractivity contribution >= 4 is 16.8 Å². The highest BCUT2D eigenvalue weighted by Gasteiger charge is 2.44. The summed E-state index contributed by atoms with van der Waals surface area (Å²) in [5, 5.41) is 62.0. The SMILES string of the molecule is COc1cc(-c2cc(=O)c3c(O)cc(O)c([C@H]4C(=O)c5c(O)cc(O)cc5O[C@@H]4c4ccc(O)cc4)c3o2)ccc1O. The Hall–Kier alpha value is -5.84. The van der Waals surface area contributed by atoms with Crippen LogP contribution < -0.4 is 14.9 Å². The van der Waals surface area contributed by atoms with Gasteiger partial charge in [0.25, 0.3) is 0 Å². The molecule has 2 heterocycles. The normalized spacial score (nSPS) is 16.2. The summed E-state index contributed by atoms with van der Waals surface area (Å²) in [5.41, 5.74) is -0.854. The van der Waals surface area contributed by atoms with E-state index in [1.54, 1.807) is 0 Å². The number of hydrogen-bond donors (Lipinski definition) is 6. The van der Waals surface area contributed by atoms with Crippen LogP contribution in [0, 0.1) is 0 Å². The summed E-state index contributed by atoms with van der Waals surface area (Å²) in [5.74, 6) is -4.63. The number of Topliss-reactive ketones (excluding diaryl/α,β-unsaturated/α-hetero) is 1. The fraction of sp³-hybridized carbons (Fsp3) is 0.0968. The van der Waals surface area contributed by atoms with Crippen molar-refractivity contribution < 1.29 is 49.3 Å². The maximum Gasteiger partial charge on any atom is 0.197 e. The number of methoxy groups -OCH3 is 1. The molecule has 0 radical (unpaired) electrons. The molecule has 6 N–H and O–H groups in total. The molecular weight excluding hydrogens is 548 g/mol. The van der Waals surface area contributed by atoms with Gasteiger partial charge in [0.15, 0.2) is 22.7 Å². The Morgan fingerprint density at radius 3 is 2.19 bits per heavy atom. The van der Waals surface area contributed by atoms with Gasteiger partial charge >= 0.3 is 0 Å². The molecule has 42 heavy (non-hydrogen) atoms. The van der Waals surface area contributed by atoms with Crippen LogP contribution in [0.15, 0.2) is 75.9 Å². The van der Waals surface area contributed by atoms with E-state index in [2.05, 4.69) is 0 Å². The Balaban J connectivity index is 1.66. The van der Waals surface area contributed by atoms with Crippen LogP contribution in [-0.4, -0.2) is 43.5 Å². The molecule has 0 bridgehead atoms. The molecular formula is C31H22O11. The summed E-state index contributed by atoms with van der Waals surface area (Å²) in [7, 11) is 1.34. The molecule has 1 aliphatic heterocycles. The van der Waals surface area contributed by atoms with Crippen LogP contribution in [0.2, 0.25) is 0 Å². The van der Waals surface area contributed by atoms with E-state index in [1.807, 2.05) is 0 Å². The lowest BCUT2D eigenvalue weighted by Crippen LogP contribution is -2.30. The molecule has 0 fully saturated rings. The first-order chi connectivity index (χ1) is 20.1. The molecule has 11 nitrogen and oxygen atoms in total. The van der Waals surface area contributed by atoms with E-state index in [0.717, 1.165) is 24.3 Å². The third-order valence-corrected chi connectivity index (χ3v) is 7.15. The standard InChI is InChI=1S/C31H22O11/c1-40-23-8-14(4-7-17(23)34)22-12-21(38)25-19(36)11-20(37)27(31(25)41-22)28-29(39)26-18(35)9-16(33)10-24(26)42-30(28)13-2-5-15(32)6-3-13/h2-12,28,30,32-37H,1H3/t28-,30+/m0/s1. The van der Waals surface area contributed by atoms with Gasteiger partial charge in [-0.15, -0.1) is 0 Å². The first-order valence-corrected chi connectivity index (χ1v) is 12.5. The zero-order chi connectivity index (χ0) is 29.9. The van der Waals surface area contributed by atoms with E-state index in [1.165, 1.54) is 49.6 Å². The van der Waals surface area contributed by atoms with Crippen molar-refractivity contribution in [2.75, 3.05) is 7.11 Å². The largest absolute Gasteiger partial charge is 0.508 e. The first-order valence-electron chi connectivity index (χ1n) is 12.5. The summed E-state index contributed by atoms with van der Waals surface area (Å²) in [4.78, 5) is 27.5. The molecule has 0 aliphatic carbocycles. The number of phenols is 6. The van der Waals surface area contributed by atoms with E-state index in [9.17, 15) is 40.2 Å². The van der Waals surface area contributed by atoms with Crippen molar-refractivity contribution in [1.82, 2.24) is 0 Å². The molecule has 0 saturated carbocycles. The van der Waals surface area contributed by atoms with Crippen LogP contribution in [0.1, 0.15) is 33.5 Å². The van der Waals surface area contributed by atoms with Gasteiger partial charge in [0.2, 0.25) is 0 Å². The average molecular weight is 571 g/mol. The first kappa shape index (κ1) is 26.4. The van der Waals surface area contributed by atoms with E-state index in [0.29, 0.717) is 11.1 Å². The lowest BCUT2D eigenvalue weighted by Gasteiger charge is -2.34. The van der Waals surface area contributed by atoms with Crippen molar-refractivity contribution in [3.8, 4) is 57.3 Å². The number of ketones is 1. The number of carbonyl (C=O) groups is 1. The minimum Gasteiger partial charge on any atom is -0.508 e. The molecule has 5 aromatic rings. The fourth-order valence-electron chi connectivity index (χ4n) is 5.23. The molecule has 0 saturated heterocycles. The van der Waals surface area contributed by atoms with E-state index in [4.69, 9.17) is 13.9 Å². The lowest BCUT2D eigenvalue weighted by atomic mass is 9.79. The highest BCUT2D eigenvalue weighted by molar-refractivity contribution is 6.09. The number of ether oxygens (including phenoxy) is 2. The number of hydrogen-bond acceptors (Lipinski definition) is 11. The van der Waals surface area contributed by atoms with Gasteiger partial charge in [-0.25, -0.2) is 0 Å². The highest BCUT2D eigenvalue weighted by Crippen LogP contribution is 2.52. The molecule has 4 aromatic carbocycles. The second-order valence-electron chi connectivity index (χ2n) is 9.70. The van der Waals surface area contributed by atoms with Gasteiger partial charge in [0.1, 0.15) is 62.9 Å². The highest BCUT2D eigenvalue weighted by atomic mass is 16.5. The molecule has 1 aliphatic rings. The van der Waals surface area contributed by atoms with E-state index >= 15 is 0 Å². The van der Waals surface area contributed by atoms with Crippen LogP contribution in [-0.2, 0) is 0 Å². The van der Waals surface area contributed by atoms with Crippen LogP contribution in [0.3, 0.4) is 0 Å². The summed E-state index contributed by atoms with van der Waals surface area (Å²) in [6, 6.07) is 14.0. The van der Waals surface area contributed by atoms with Gasteiger partial charge in [-0.2, -0.15) is 0 Å². The molecule has 1 aromatic heterocycles. The number of aromatic hydroxyl groups is 6. The van der Waals surface area contributed by atoms with Crippen LogP contribution in [0.5, 0.6) is 46.0 Å². The second-order valence-corrected chi connectivity index (χ2v) is 9.70. The smallest absolute Gasteiger partial charge is 0.197 e. The third kappa shape index (κ3) is 4.15. The summed E-state index contributed by atoms with van der Waals surface area (Å²) < 4.78 is 17.4. The Morgan fingerprint density at radius 1 is 0.738 bits per heavy atom. The maximum atomic E-state index is 14.1. The second kappa shape index (κ2) is 9.66. The minimum atomic E-state index is -1.45.